The maximum Gasteiger partial charge on any atom is 0.416 e. The molecule has 0 atom stereocenters. The first-order valence-corrected chi connectivity index (χ1v) is 10.1. The number of hydrogen-bond donors (Lipinski definition) is 2. The SMILES string of the molecule is Cc1cc(-c2ccc(C(F)(F)F)cc2)ccc1COc1ccc(C(=O)NCCC(=O)O)cc1. The second-order valence-corrected chi connectivity index (χ2v) is 7.43. The maximum absolute atomic E-state index is 12.7. The first-order valence-electron chi connectivity index (χ1n) is 10.1. The summed E-state index contributed by atoms with van der Waals surface area (Å²) in [5.41, 5.74) is 3.06. The molecule has 172 valence electrons. The average molecular weight is 457 g/mol. The normalized spacial score (nSPS) is 11.2. The molecule has 33 heavy (non-hydrogen) atoms. The average Bonchev–Trinajstić information content (AvgIpc) is 2.78. The van der Waals surface area contributed by atoms with Crippen LogP contribution in [-0.4, -0.2) is 23.5 Å². The summed E-state index contributed by atoms with van der Waals surface area (Å²) in [5.74, 6) is -0.789. The second-order valence-electron chi connectivity index (χ2n) is 7.43. The Kier molecular flexibility index (Phi) is 7.37. The van der Waals surface area contributed by atoms with Crippen molar-refractivity contribution in [3.63, 3.8) is 0 Å². The molecule has 2 N–H and O–H groups in total. The zero-order valence-corrected chi connectivity index (χ0v) is 17.8. The zero-order valence-electron chi connectivity index (χ0n) is 17.8. The molecule has 0 spiro atoms. The van der Waals surface area contributed by atoms with Gasteiger partial charge in [0.1, 0.15) is 12.4 Å². The summed E-state index contributed by atoms with van der Waals surface area (Å²) in [6, 6.07) is 17.1. The number of ether oxygens (including phenoxy) is 1. The molecule has 0 heterocycles. The molecule has 0 unspecified atom stereocenters. The van der Waals surface area contributed by atoms with Crippen LogP contribution >= 0.6 is 0 Å². The number of aryl methyl sites for hydroxylation is 1. The van der Waals surface area contributed by atoms with Crippen LogP contribution in [0.25, 0.3) is 11.1 Å². The molecule has 3 rings (SSSR count). The molecule has 0 bridgehead atoms. The van der Waals surface area contributed by atoms with Gasteiger partial charge in [0.25, 0.3) is 5.91 Å². The number of amides is 1. The summed E-state index contributed by atoms with van der Waals surface area (Å²) >= 11 is 0. The number of rotatable bonds is 8. The molecule has 0 fully saturated rings. The van der Waals surface area contributed by atoms with Crippen molar-refractivity contribution < 1.29 is 32.6 Å². The van der Waals surface area contributed by atoms with Crippen LogP contribution in [-0.2, 0) is 17.6 Å². The van der Waals surface area contributed by atoms with Gasteiger partial charge in [0.2, 0.25) is 0 Å². The number of carbonyl (C=O) groups excluding carboxylic acids is 1. The van der Waals surface area contributed by atoms with E-state index in [1.54, 1.807) is 24.3 Å². The van der Waals surface area contributed by atoms with Crippen LogP contribution in [0.1, 0.15) is 33.5 Å². The van der Waals surface area contributed by atoms with E-state index < -0.39 is 17.7 Å². The largest absolute Gasteiger partial charge is 0.489 e. The van der Waals surface area contributed by atoms with Gasteiger partial charge in [-0.25, -0.2) is 0 Å². The molecule has 0 aliphatic rings. The summed E-state index contributed by atoms with van der Waals surface area (Å²) in [6.45, 7) is 2.23. The quantitative estimate of drug-likeness (QED) is 0.471. The van der Waals surface area contributed by atoms with Gasteiger partial charge in [-0.15, -0.1) is 0 Å². The van der Waals surface area contributed by atoms with Gasteiger partial charge in [0.05, 0.1) is 12.0 Å². The Labute approximate surface area is 188 Å². The van der Waals surface area contributed by atoms with Gasteiger partial charge in [-0.2, -0.15) is 13.2 Å². The van der Waals surface area contributed by atoms with E-state index in [4.69, 9.17) is 9.84 Å². The lowest BCUT2D eigenvalue weighted by atomic mass is 9.99. The first kappa shape index (κ1) is 23.8. The Bertz CT molecular complexity index is 1120. The van der Waals surface area contributed by atoms with Crippen LogP contribution in [0.2, 0.25) is 0 Å². The van der Waals surface area contributed by atoms with Gasteiger partial charge in [0, 0.05) is 12.1 Å². The highest BCUT2D eigenvalue weighted by molar-refractivity contribution is 5.94. The number of hydrogen-bond acceptors (Lipinski definition) is 3. The molecule has 8 heteroatoms. The highest BCUT2D eigenvalue weighted by atomic mass is 19.4. The number of halogens is 3. The molecule has 0 radical (unpaired) electrons. The van der Waals surface area contributed by atoms with E-state index in [1.807, 2.05) is 25.1 Å². The number of alkyl halides is 3. The third-order valence-electron chi connectivity index (χ3n) is 5.02. The van der Waals surface area contributed by atoms with Crippen LogP contribution in [0.4, 0.5) is 13.2 Å². The van der Waals surface area contributed by atoms with Crippen molar-refractivity contribution in [1.82, 2.24) is 5.32 Å². The molecule has 1 amide bonds. The van der Waals surface area contributed by atoms with Crippen LogP contribution in [0.3, 0.4) is 0 Å². The topological polar surface area (TPSA) is 75.6 Å². The molecule has 0 saturated heterocycles. The van der Waals surface area contributed by atoms with Crippen molar-refractivity contribution in [2.24, 2.45) is 0 Å². The van der Waals surface area contributed by atoms with Gasteiger partial charge >= 0.3 is 12.1 Å². The van der Waals surface area contributed by atoms with Crippen LogP contribution < -0.4 is 10.1 Å². The number of carboxylic acid groups (broad SMARTS) is 1. The molecule has 0 saturated carbocycles. The van der Waals surface area contributed by atoms with Gasteiger partial charge in [-0.05, 0) is 65.6 Å². The van der Waals surface area contributed by atoms with E-state index in [9.17, 15) is 22.8 Å². The molecule has 3 aromatic carbocycles. The molecule has 0 aliphatic carbocycles. The number of nitrogens with one attached hydrogen (secondary N) is 1. The Morgan fingerprint density at radius 1 is 0.939 bits per heavy atom. The van der Waals surface area contributed by atoms with E-state index >= 15 is 0 Å². The first-order chi connectivity index (χ1) is 15.6. The summed E-state index contributed by atoms with van der Waals surface area (Å²) in [7, 11) is 0. The predicted octanol–water partition coefficient (Wildman–Crippen LogP) is 5.46. The fraction of sp³-hybridized carbons (Fsp3) is 0.200. The standard InChI is InChI=1S/C25H22F3NO4/c1-16-14-19(17-4-8-21(9-5-17)25(26,27)28)2-3-20(16)15-33-22-10-6-18(7-11-22)24(32)29-13-12-23(30)31/h2-11,14H,12-13,15H2,1H3,(H,29,32)(H,30,31). The van der Waals surface area contributed by atoms with Crippen molar-refractivity contribution >= 4 is 11.9 Å². The van der Waals surface area contributed by atoms with Crippen molar-refractivity contribution in [2.75, 3.05) is 6.54 Å². The van der Waals surface area contributed by atoms with Crippen molar-refractivity contribution in [3.05, 3.63) is 89.0 Å². The number of aliphatic carboxylic acids is 1. The summed E-state index contributed by atoms with van der Waals surface area (Å²) in [6.07, 6.45) is -4.51. The van der Waals surface area contributed by atoms with E-state index in [2.05, 4.69) is 5.32 Å². The van der Waals surface area contributed by atoms with Gasteiger partial charge < -0.3 is 15.2 Å². The monoisotopic (exact) mass is 457 g/mol. The fourth-order valence-electron chi connectivity index (χ4n) is 3.14. The Morgan fingerprint density at radius 3 is 2.15 bits per heavy atom. The highest BCUT2D eigenvalue weighted by Gasteiger charge is 2.29. The lowest BCUT2D eigenvalue weighted by Crippen LogP contribution is -2.25. The molecule has 0 aromatic heterocycles. The van der Waals surface area contributed by atoms with Gasteiger partial charge in [-0.3, -0.25) is 9.59 Å². The Hall–Kier alpha value is -3.81. The summed E-state index contributed by atoms with van der Waals surface area (Å²) in [4.78, 5) is 22.5. The van der Waals surface area contributed by atoms with Gasteiger partial charge in [0.15, 0.2) is 0 Å². The predicted molar refractivity (Wildman–Crippen MR) is 117 cm³/mol. The minimum absolute atomic E-state index is 0.0498. The van der Waals surface area contributed by atoms with Crippen molar-refractivity contribution in [3.8, 4) is 16.9 Å². The van der Waals surface area contributed by atoms with E-state index in [0.717, 1.165) is 28.8 Å². The highest BCUT2D eigenvalue weighted by Crippen LogP contribution is 2.31. The molecular formula is C25H22F3NO4. The fourth-order valence-corrected chi connectivity index (χ4v) is 3.14. The minimum atomic E-state index is -4.36. The van der Waals surface area contributed by atoms with Crippen LogP contribution in [0.15, 0.2) is 66.7 Å². The van der Waals surface area contributed by atoms with Crippen molar-refractivity contribution in [2.45, 2.75) is 26.1 Å². The second kappa shape index (κ2) is 10.2. The maximum atomic E-state index is 12.7. The third kappa shape index (κ3) is 6.58. The lowest BCUT2D eigenvalue weighted by Gasteiger charge is -2.12. The number of carboxylic acids is 1. The minimum Gasteiger partial charge on any atom is -0.489 e. The summed E-state index contributed by atoms with van der Waals surface area (Å²) in [5, 5.41) is 11.1. The van der Waals surface area contributed by atoms with E-state index in [1.165, 1.54) is 12.1 Å². The number of benzene rings is 3. The third-order valence-corrected chi connectivity index (χ3v) is 5.02. The molecule has 5 nitrogen and oxygen atoms in total. The van der Waals surface area contributed by atoms with Crippen molar-refractivity contribution in [1.29, 1.82) is 0 Å². The lowest BCUT2D eigenvalue weighted by molar-refractivity contribution is -0.138. The zero-order chi connectivity index (χ0) is 24.0. The van der Waals surface area contributed by atoms with E-state index in [0.29, 0.717) is 16.9 Å². The Balaban J connectivity index is 1.59. The summed E-state index contributed by atoms with van der Waals surface area (Å²) < 4.78 is 44.0. The number of carbonyl (C=O) groups is 2. The van der Waals surface area contributed by atoms with E-state index in [-0.39, 0.29) is 25.5 Å². The van der Waals surface area contributed by atoms with Crippen LogP contribution in [0.5, 0.6) is 5.75 Å². The van der Waals surface area contributed by atoms with Crippen LogP contribution in [0, 0.1) is 6.92 Å². The van der Waals surface area contributed by atoms with Gasteiger partial charge in [-0.1, -0.05) is 30.3 Å². The Morgan fingerprint density at radius 2 is 1.58 bits per heavy atom. The molecular weight excluding hydrogens is 435 g/mol. The smallest absolute Gasteiger partial charge is 0.416 e. The molecule has 3 aromatic rings. The molecule has 0 aliphatic heterocycles.